The van der Waals surface area contributed by atoms with Gasteiger partial charge < -0.3 is 25.6 Å². The molecule has 3 aromatic rings. The first-order valence-corrected chi connectivity index (χ1v) is 12.4. The number of nitrogens with one attached hydrogen (secondary N) is 2. The predicted octanol–water partition coefficient (Wildman–Crippen LogP) is 3.92. The fraction of sp³-hybridized carbons (Fsp3) is 0.321. The summed E-state index contributed by atoms with van der Waals surface area (Å²) in [6, 6.07) is 14.1. The maximum atomic E-state index is 12.9. The molecule has 2 heterocycles. The van der Waals surface area contributed by atoms with Crippen molar-refractivity contribution < 1.29 is 32.9 Å². The van der Waals surface area contributed by atoms with Crippen molar-refractivity contribution in [3.8, 4) is 11.1 Å². The number of halogens is 3. The molecule has 4 N–H and O–H groups in total. The summed E-state index contributed by atoms with van der Waals surface area (Å²) in [7, 11) is 0. The second-order valence-electron chi connectivity index (χ2n) is 9.21. The van der Waals surface area contributed by atoms with Crippen LogP contribution >= 0.6 is 0 Å². The number of hydrogen-bond acceptors (Lipinski definition) is 7. The fourth-order valence-corrected chi connectivity index (χ4v) is 4.16. The predicted molar refractivity (Wildman–Crippen MR) is 140 cm³/mol. The zero-order valence-corrected chi connectivity index (χ0v) is 21.2. The highest BCUT2D eigenvalue weighted by Crippen LogP contribution is 2.28. The first kappa shape index (κ1) is 28.2. The fourth-order valence-electron chi connectivity index (χ4n) is 4.16. The van der Waals surface area contributed by atoms with E-state index in [0.29, 0.717) is 11.8 Å². The average Bonchev–Trinajstić information content (AvgIpc) is 2.94. The van der Waals surface area contributed by atoms with E-state index in [1.165, 1.54) is 0 Å². The van der Waals surface area contributed by atoms with E-state index in [-0.39, 0.29) is 24.9 Å². The van der Waals surface area contributed by atoms with Gasteiger partial charge in [0.1, 0.15) is 24.1 Å². The van der Waals surface area contributed by atoms with Gasteiger partial charge >= 0.3 is 6.18 Å². The minimum absolute atomic E-state index is 0.0856. The molecule has 4 rings (SSSR count). The largest absolute Gasteiger partial charge is 0.434 e. The molecule has 0 saturated carbocycles. The van der Waals surface area contributed by atoms with Gasteiger partial charge in [-0.15, -0.1) is 0 Å². The van der Waals surface area contributed by atoms with Gasteiger partial charge in [0.05, 0.1) is 25.0 Å². The molecule has 4 atom stereocenters. The Labute approximate surface area is 223 Å². The van der Waals surface area contributed by atoms with Crippen molar-refractivity contribution >= 4 is 17.3 Å². The number of aromatic nitrogens is 2. The highest BCUT2D eigenvalue weighted by molar-refractivity contribution is 5.94. The van der Waals surface area contributed by atoms with Gasteiger partial charge in [0.25, 0.3) is 5.91 Å². The molecule has 2 aromatic carbocycles. The van der Waals surface area contributed by atoms with Gasteiger partial charge in [-0.2, -0.15) is 13.2 Å². The second-order valence-corrected chi connectivity index (χ2v) is 9.21. The third-order valence-corrected chi connectivity index (χ3v) is 6.56. The quantitative estimate of drug-likeness (QED) is 0.341. The van der Waals surface area contributed by atoms with E-state index in [4.69, 9.17) is 4.74 Å². The third kappa shape index (κ3) is 6.80. The van der Waals surface area contributed by atoms with E-state index in [2.05, 4.69) is 34.1 Å². The summed E-state index contributed by atoms with van der Waals surface area (Å²) in [6.07, 6.45) is -5.87. The summed E-state index contributed by atoms with van der Waals surface area (Å²) in [5.74, 6) is -0.608. The second kappa shape index (κ2) is 11.9. The molecule has 0 spiro atoms. The number of allylic oxidation sites excluding steroid dienone is 1. The third-order valence-electron chi connectivity index (χ3n) is 6.56. The van der Waals surface area contributed by atoms with Crippen molar-refractivity contribution in [2.24, 2.45) is 0 Å². The summed E-state index contributed by atoms with van der Waals surface area (Å²) in [6.45, 7) is 5.87. The molecule has 1 fully saturated rings. The molecule has 1 aliphatic heterocycles. The van der Waals surface area contributed by atoms with Gasteiger partial charge in [0, 0.05) is 12.1 Å². The summed E-state index contributed by atoms with van der Waals surface area (Å²) >= 11 is 0. The molecule has 0 bridgehead atoms. The van der Waals surface area contributed by atoms with Gasteiger partial charge in [-0.3, -0.25) is 9.78 Å². The van der Waals surface area contributed by atoms with Crippen LogP contribution in [0.1, 0.15) is 35.0 Å². The minimum atomic E-state index is -4.68. The smallest absolute Gasteiger partial charge is 0.388 e. The number of aliphatic hydroxyl groups is 2. The number of rotatable bonds is 8. The number of aliphatic hydroxyl groups excluding tert-OH is 2. The molecule has 11 heteroatoms. The Bertz CT molecular complexity index is 1300. The Morgan fingerprint density at radius 3 is 2.23 bits per heavy atom. The first-order chi connectivity index (χ1) is 18.6. The van der Waals surface area contributed by atoms with Gasteiger partial charge in [0.15, 0.2) is 5.69 Å². The zero-order chi connectivity index (χ0) is 28.2. The number of alkyl halides is 3. The van der Waals surface area contributed by atoms with Crippen LogP contribution in [0.15, 0.2) is 67.5 Å². The van der Waals surface area contributed by atoms with Gasteiger partial charge in [-0.25, -0.2) is 4.98 Å². The normalized spacial score (nSPS) is 21.3. The zero-order valence-electron chi connectivity index (χ0n) is 21.2. The highest BCUT2D eigenvalue weighted by Gasteiger charge is 2.39. The molecule has 39 heavy (non-hydrogen) atoms. The van der Waals surface area contributed by atoms with Crippen LogP contribution in [0, 0.1) is 0 Å². The number of hydrogen-bond donors (Lipinski definition) is 4. The van der Waals surface area contributed by atoms with E-state index in [0.717, 1.165) is 34.9 Å². The van der Waals surface area contributed by atoms with Gasteiger partial charge in [-0.05, 0) is 40.8 Å². The summed E-state index contributed by atoms with van der Waals surface area (Å²) in [5, 5.41) is 26.3. The van der Waals surface area contributed by atoms with Crippen LogP contribution in [-0.2, 0) is 10.9 Å². The number of amides is 1. The van der Waals surface area contributed by atoms with Crippen molar-refractivity contribution in [2.45, 2.75) is 43.9 Å². The number of nitrogens with zero attached hydrogens (tertiary/aromatic N) is 2. The molecule has 0 radical (unpaired) electrons. The van der Waals surface area contributed by atoms with Crippen LogP contribution in [0.4, 0.5) is 19.0 Å². The lowest BCUT2D eigenvalue weighted by Crippen LogP contribution is -2.58. The van der Waals surface area contributed by atoms with Crippen molar-refractivity contribution in [1.29, 1.82) is 0 Å². The maximum absolute atomic E-state index is 12.9. The SMILES string of the molecule is C=C(CC)c1ccc(-c2ccc(C(=O)NC[C@H]3OC[C@H](Nc4cncc(C(F)(F)F)n4)[C@@H](O)[C@H]3O)cc2)cc1. The summed E-state index contributed by atoms with van der Waals surface area (Å²) in [4.78, 5) is 19.6. The van der Waals surface area contributed by atoms with Crippen molar-refractivity contribution in [1.82, 2.24) is 15.3 Å². The van der Waals surface area contributed by atoms with Crippen LogP contribution in [-0.4, -0.2) is 63.6 Å². The number of ether oxygens (including phenoxy) is 1. The summed E-state index contributed by atoms with van der Waals surface area (Å²) < 4.78 is 44.2. The standard InChI is InChI=1S/C28H29F3N4O4/c1-3-16(2)17-4-6-18(7-5-17)19-8-10-20(11-9-19)27(38)33-12-22-26(37)25(36)21(15-39-22)34-24-14-32-13-23(35-24)28(29,30)31/h4-11,13-14,21-22,25-26,36-37H,2-3,12,15H2,1H3,(H,33,38)(H,34,35)/t21-,22+,25+,26-/m0/s1. The van der Waals surface area contributed by atoms with E-state index >= 15 is 0 Å². The highest BCUT2D eigenvalue weighted by atomic mass is 19.4. The molecule has 206 valence electrons. The number of carbonyl (C=O) groups is 1. The lowest BCUT2D eigenvalue weighted by atomic mass is 9.97. The maximum Gasteiger partial charge on any atom is 0.434 e. The minimum Gasteiger partial charge on any atom is -0.388 e. The van der Waals surface area contributed by atoms with Crippen LogP contribution in [0.5, 0.6) is 0 Å². The van der Waals surface area contributed by atoms with Gasteiger partial charge in [0.2, 0.25) is 0 Å². The number of anilines is 1. The Morgan fingerprint density at radius 2 is 1.64 bits per heavy atom. The Hall–Kier alpha value is -3.80. The lowest BCUT2D eigenvalue weighted by Gasteiger charge is -2.38. The molecule has 0 aliphatic carbocycles. The Balaban J connectivity index is 1.30. The molecule has 1 amide bonds. The topological polar surface area (TPSA) is 117 Å². The van der Waals surface area contributed by atoms with Crippen LogP contribution in [0.3, 0.4) is 0 Å². The molecule has 1 aromatic heterocycles. The molecule has 0 unspecified atom stereocenters. The molecule has 1 aliphatic rings. The van der Waals surface area contributed by atoms with Gasteiger partial charge in [-0.1, -0.05) is 49.9 Å². The number of carbonyl (C=O) groups excluding carboxylic acids is 1. The van der Waals surface area contributed by atoms with Crippen LogP contribution in [0.2, 0.25) is 0 Å². The average molecular weight is 543 g/mol. The Kier molecular flexibility index (Phi) is 8.63. The molecular formula is C28H29F3N4O4. The monoisotopic (exact) mass is 542 g/mol. The summed E-state index contributed by atoms with van der Waals surface area (Å²) in [5.41, 5.74) is 3.30. The molecule has 8 nitrogen and oxygen atoms in total. The Morgan fingerprint density at radius 1 is 1.03 bits per heavy atom. The molecule has 1 saturated heterocycles. The van der Waals surface area contributed by atoms with E-state index in [1.54, 1.807) is 12.1 Å². The van der Waals surface area contributed by atoms with Crippen molar-refractivity contribution in [3.05, 3.63) is 84.3 Å². The van der Waals surface area contributed by atoms with Crippen LogP contribution in [0.25, 0.3) is 16.7 Å². The van der Waals surface area contributed by atoms with Crippen LogP contribution < -0.4 is 10.6 Å². The van der Waals surface area contributed by atoms with E-state index < -0.39 is 36.2 Å². The van der Waals surface area contributed by atoms with E-state index in [9.17, 15) is 28.2 Å². The number of benzene rings is 2. The lowest BCUT2D eigenvalue weighted by molar-refractivity contribution is -0.141. The van der Waals surface area contributed by atoms with Crippen molar-refractivity contribution in [2.75, 3.05) is 18.5 Å². The van der Waals surface area contributed by atoms with E-state index in [1.807, 2.05) is 36.4 Å². The first-order valence-electron chi connectivity index (χ1n) is 12.4. The van der Waals surface area contributed by atoms with Crippen molar-refractivity contribution in [3.63, 3.8) is 0 Å². The molecular weight excluding hydrogens is 513 g/mol.